The third-order valence-corrected chi connectivity index (χ3v) is 4.69. The Morgan fingerprint density at radius 2 is 2.00 bits per heavy atom. The molecule has 154 valence electrons. The Bertz CT molecular complexity index is 921. The number of aryl methyl sites for hydroxylation is 1. The first kappa shape index (κ1) is 20.7. The van der Waals surface area contributed by atoms with Gasteiger partial charge in [-0.15, -0.1) is 0 Å². The summed E-state index contributed by atoms with van der Waals surface area (Å²) in [6.07, 6.45) is 2.17. The van der Waals surface area contributed by atoms with Crippen LogP contribution in [0.3, 0.4) is 0 Å². The zero-order chi connectivity index (χ0) is 20.6. The van der Waals surface area contributed by atoms with Crippen LogP contribution >= 0.6 is 0 Å². The van der Waals surface area contributed by atoms with E-state index < -0.39 is 0 Å². The van der Waals surface area contributed by atoms with Crippen LogP contribution in [0.4, 0.5) is 5.69 Å². The number of benzene rings is 2. The van der Waals surface area contributed by atoms with Crippen LogP contribution < -0.4 is 20.1 Å². The van der Waals surface area contributed by atoms with E-state index >= 15 is 0 Å². The summed E-state index contributed by atoms with van der Waals surface area (Å²) >= 11 is 0. The highest BCUT2D eigenvalue weighted by Gasteiger charge is 2.12. The maximum Gasteiger partial charge on any atom is 0.226 e. The van der Waals surface area contributed by atoms with E-state index in [9.17, 15) is 4.79 Å². The summed E-state index contributed by atoms with van der Waals surface area (Å²) in [7, 11) is 3.16. The van der Waals surface area contributed by atoms with Gasteiger partial charge in [-0.2, -0.15) is 0 Å². The Morgan fingerprint density at radius 3 is 2.76 bits per heavy atom. The molecule has 0 saturated heterocycles. The second-order valence-electron chi connectivity index (χ2n) is 6.98. The number of fused-ring (bicyclic) bond motifs is 1. The van der Waals surface area contributed by atoms with E-state index in [2.05, 4.69) is 20.6 Å². The molecule has 1 amide bonds. The lowest BCUT2D eigenvalue weighted by atomic mass is 10.2. The van der Waals surface area contributed by atoms with E-state index in [0.29, 0.717) is 23.6 Å². The number of nitrogens with one attached hydrogen (secondary N) is 3. The van der Waals surface area contributed by atoms with Gasteiger partial charge in [0, 0.05) is 24.9 Å². The van der Waals surface area contributed by atoms with Gasteiger partial charge < -0.3 is 25.1 Å². The number of H-pyrrole nitrogens is 1. The standard InChI is InChI=1S/C22H28N4O3/c1-15(13-22(27)26-19-14-16(28-2)10-11-20(19)29-3)23-12-6-9-21-24-17-7-4-5-8-18(17)25-21/h4-5,7-8,10-11,14-15,23H,6,9,12-13H2,1-3H3,(H,24,25)(H,26,27). The largest absolute Gasteiger partial charge is 0.497 e. The molecule has 0 aliphatic carbocycles. The SMILES string of the molecule is COc1ccc(OC)c(NC(=O)CC(C)NCCCc2nc3ccccc3[nH]2)c1. The van der Waals surface area contributed by atoms with Crippen molar-refractivity contribution < 1.29 is 14.3 Å². The minimum absolute atomic E-state index is 0.0577. The van der Waals surface area contributed by atoms with E-state index in [4.69, 9.17) is 9.47 Å². The Hall–Kier alpha value is -3.06. The molecule has 0 fully saturated rings. The lowest BCUT2D eigenvalue weighted by Gasteiger charge is -2.15. The number of aromatic nitrogens is 2. The molecule has 2 aromatic carbocycles. The molecule has 0 radical (unpaired) electrons. The average molecular weight is 396 g/mol. The molecule has 3 rings (SSSR count). The fourth-order valence-electron chi connectivity index (χ4n) is 3.19. The van der Waals surface area contributed by atoms with Crippen LogP contribution in [-0.2, 0) is 11.2 Å². The van der Waals surface area contributed by atoms with Crippen molar-refractivity contribution in [3.63, 3.8) is 0 Å². The Labute approximate surface area is 170 Å². The fraction of sp³-hybridized carbons (Fsp3) is 0.364. The quantitative estimate of drug-likeness (QED) is 0.456. The lowest BCUT2D eigenvalue weighted by Crippen LogP contribution is -2.31. The van der Waals surface area contributed by atoms with E-state index in [-0.39, 0.29) is 11.9 Å². The van der Waals surface area contributed by atoms with Gasteiger partial charge in [0.25, 0.3) is 0 Å². The van der Waals surface area contributed by atoms with Gasteiger partial charge in [0.2, 0.25) is 5.91 Å². The highest BCUT2D eigenvalue weighted by molar-refractivity contribution is 5.92. The average Bonchev–Trinajstić information content (AvgIpc) is 3.14. The second-order valence-corrected chi connectivity index (χ2v) is 6.98. The number of methoxy groups -OCH3 is 2. The molecular weight excluding hydrogens is 368 g/mol. The summed E-state index contributed by atoms with van der Waals surface area (Å²) in [5.74, 6) is 2.18. The minimum atomic E-state index is -0.0752. The molecule has 0 spiro atoms. The highest BCUT2D eigenvalue weighted by Crippen LogP contribution is 2.29. The molecule has 1 heterocycles. The Kier molecular flexibility index (Phi) is 7.08. The number of hydrogen-bond donors (Lipinski definition) is 3. The van der Waals surface area contributed by atoms with Crippen LogP contribution in [0.5, 0.6) is 11.5 Å². The number of ether oxygens (including phenoxy) is 2. The third kappa shape index (κ3) is 5.71. The Balaban J connectivity index is 1.42. The Morgan fingerprint density at radius 1 is 1.17 bits per heavy atom. The number of aromatic amines is 1. The summed E-state index contributed by atoms with van der Waals surface area (Å²) in [5, 5.41) is 6.30. The molecule has 1 aromatic heterocycles. The molecule has 7 heteroatoms. The first-order valence-electron chi connectivity index (χ1n) is 9.78. The van der Waals surface area contributed by atoms with Crippen molar-refractivity contribution in [1.82, 2.24) is 15.3 Å². The van der Waals surface area contributed by atoms with Crippen molar-refractivity contribution in [3.05, 3.63) is 48.3 Å². The van der Waals surface area contributed by atoms with Crippen LogP contribution in [-0.4, -0.2) is 42.7 Å². The van der Waals surface area contributed by atoms with Crippen LogP contribution in [0, 0.1) is 0 Å². The number of amides is 1. The number of nitrogens with zero attached hydrogens (tertiary/aromatic N) is 1. The van der Waals surface area contributed by atoms with Crippen LogP contribution in [0.25, 0.3) is 11.0 Å². The van der Waals surface area contributed by atoms with Gasteiger partial charge in [0.1, 0.15) is 17.3 Å². The summed E-state index contributed by atoms with van der Waals surface area (Å²) in [4.78, 5) is 20.3. The normalized spacial score (nSPS) is 12.0. The van der Waals surface area contributed by atoms with Crippen molar-refractivity contribution in [3.8, 4) is 11.5 Å². The van der Waals surface area contributed by atoms with Gasteiger partial charge in [0.15, 0.2) is 0 Å². The van der Waals surface area contributed by atoms with Crippen LogP contribution in [0.1, 0.15) is 25.6 Å². The molecule has 1 unspecified atom stereocenters. The molecule has 3 N–H and O–H groups in total. The van der Waals surface area contributed by atoms with Gasteiger partial charge in [-0.05, 0) is 44.2 Å². The molecule has 29 heavy (non-hydrogen) atoms. The summed E-state index contributed by atoms with van der Waals surface area (Å²) in [6, 6.07) is 13.4. The van der Waals surface area contributed by atoms with E-state index in [1.54, 1.807) is 32.4 Å². The molecular formula is C22H28N4O3. The van der Waals surface area contributed by atoms with Crippen molar-refractivity contribution in [2.45, 2.75) is 32.2 Å². The number of carbonyl (C=O) groups excluding carboxylic acids is 1. The lowest BCUT2D eigenvalue weighted by molar-refractivity contribution is -0.116. The number of para-hydroxylation sites is 2. The van der Waals surface area contributed by atoms with Crippen LogP contribution in [0.2, 0.25) is 0 Å². The maximum atomic E-state index is 12.4. The van der Waals surface area contributed by atoms with Crippen LogP contribution in [0.15, 0.2) is 42.5 Å². The van der Waals surface area contributed by atoms with Crippen molar-refractivity contribution in [1.29, 1.82) is 0 Å². The fourth-order valence-corrected chi connectivity index (χ4v) is 3.19. The van der Waals surface area contributed by atoms with Gasteiger partial charge in [-0.25, -0.2) is 4.98 Å². The summed E-state index contributed by atoms with van der Waals surface area (Å²) in [6.45, 7) is 2.82. The van der Waals surface area contributed by atoms with E-state index in [0.717, 1.165) is 36.2 Å². The van der Waals surface area contributed by atoms with E-state index in [1.807, 2.05) is 31.2 Å². The van der Waals surface area contributed by atoms with Gasteiger partial charge >= 0.3 is 0 Å². The molecule has 0 aliphatic heterocycles. The first-order chi connectivity index (χ1) is 14.1. The predicted octanol–water partition coefficient (Wildman–Crippen LogP) is 3.52. The zero-order valence-electron chi connectivity index (χ0n) is 17.1. The predicted molar refractivity (Wildman–Crippen MR) is 115 cm³/mol. The third-order valence-electron chi connectivity index (χ3n) is 4.69. The molecule has 0 bridgehead atoms. The van der Waals surface area contributed by atoms with E-state index in [1.165, 1.54) is 0 Å². The smallest absolute Gasteiger partial charge is 0.226 e. The molecule has 0 aliphatic rings. The molecule has 0 saturated carbocycles. The topological polar surface area (TPSA) is 88.3 Å². The summed E-state index contributed by atoms with van der Waals surface area (Å²) in [5.41, 5.74) is 2.66. The van der Waals surface area contributed by atoms with Crippen molar-refractivity contribution in [2.75, 3.05) is 26.1 Å². The van der Waals surface area contributed by atoms with Crippen molar-refractivity contribution in [2.24, 2.45) is 0 Å². The second kappa shape index (κ2) is 9.93. The van der Waals surface area contributed by atoms with Gasteiger partial charge in [-0.3, -0.25) is 4.79 Å². The molecule has 7 nitrogen and oxygen atoms in total. The number of anilines is 1. The maximum absolute atomic E-state index is 12.4. The van der Waals surface area contributed by atoms with Gasteiger partial charge in [0.05, 0.1) is 30.9 Å². The summed E-state index contributed by atoms with van der Waals surface area (Å²) < 4.78 is 10.5. The number of imidazole rings is 1. The number of carbonyl (C=O) groups is 1. The highest BCUT2D eigenvalue weighted by atomic mass is 16.5. The number of hydrogen-bond acceptors (Lipinski definition) is 5. The molecule has 1 atom stereocenters. The van der Waals surface area contributed by atoms with Crippen molar-refractivity contribution >= 4 is 22.6 Å². The van der Waals surface area contributed by atoms with Gasteiger partial charge in [-0.1, -0.05) is 12.1 Å². The first-order valence-corrected chi connectivity index (χ1v) is 9.78. The monoisotopic (exact) mass is 396 g/mol. The zero-order valence-corrected chi connectivity index (χ0v) is 17.1. The number of rotatable bonds is 10. The molecule has 3 aromatic rings. The minimum Gasteiger partial charge on any atom is -0.497 e.